The van der Waals surface area contributed by atoms with Crippen molar-refractivity contribution in [3.8, 4) is 0 Å². The van der Waals surface area contributed by atoms with Crippen molar-refractivity contribution in [1.29, 1.82) is 0 Å². The van der Waals surface area contributed by atoms with E-state index in [9.17, 15) is 10.1 Å². The van der Waals surface area contributed by atoms with Crippen molar-refractivity contribution in [1.82, 2.24) is 0 Å². The van der Waals surface area contributed by atoms with Crippen molar-refractivity contribution in [2.75, 3.05) is 0 Å². The molecule has 1 aromatic rings. The largest absolute Gasteiger partial charge is 0.392 e. The van der Waals surface area contributed by atoms with Gasteiger partial charge in [-0.05, 0) is 6.92 Å². The number of benzene rings is 1. The van der Waals surface area contributed by atoms with Gasteiger partial charge in [0.1, 0.15) is 6.10 Å². The molecule has 1 heterocycles. The van der Waals surface area contributed by atoms with Crippen molar-refractivity contribution in [2.45, 2.75) is 25.9 Å². The van der Waals surface area contributed by atoms with Crippen LogP contribution in [0.25, 0.3) is 0 Å². The third-order valence-corrected chi connectivity index (χ3v) is 2.47. The molecule has 1 aliphatic rings. The third kappa shape index (κ3) is 2.18. The number of hydrogen-bond acceptors (Lipinski definition) is 4. The molecule has 1 aromatic carbocycles. The lowest BCUT2D eigenvalue weighted by molar-refractivity contribution is -0.385. The number of nitro groups is 1. The number of nitro benzene ring substituents is 1. The van der Waals surface area contributed by atoms with Crippen LogP contribution in [0.3, 0.4) is 0 Å². The molecule has 0 saturated heterocycles. The van der Waals surface area contributed by atoms with Gasteiger partial charge in [0.05, 0.1) is 10.6 Å². The molecule has 1 aliphatic heterocycles. The first-order chi connectivity index (χ1) is 7.66. The van der Waals surface area contributed by atoms with E-state index in [1.165, 1.54) is 6.07 Å². The highest BCUT2D eigenvalue weighted by atomic mass is 16.6. The Bertz CT molecular complexity index is 443. The SMILES string of the molecule is CC1CC(Cc2ccccc2[N+](=O)[O-])=NO1. The summed E-state index contributed by atoms with van der Waals surface area (Å²) in [5.41, 5.74) is 1.69. The van der Waals surface area contributed by atoms with Crippen molar-refractivity contribution >= 4 is 11.4 Å². The molecular weight excluding hydrogens is 208 g/mol. The van der Waals surface area contributed by atoms with Gasteiger partial charge in [0.15, 0.2) is 0 Å². The Morgan fingerprint density at radius 3 is 2.94 bits per heavy atom. The van der Waals surface area contributed by atoms with Crippen LogP contribution in [-0.4, -0.2) is 16.7 Å². The molecule has 2 rings (SSSR count). The van der Waals surface area contributed by atoms with Gasteiger partial charge >= 0.3 is 0 Å². The monoisotopic (exact) mass is 220 g/mol. The van der Waals surface area contributed by atoms with Crippen LogP contribution in [-0.2, 0) is 11.3 Å². The van der Waals surface area contributed by atoms with E-state index in [1.54, 1.807) is 18.2 Å². The molecule has 0 spiro atoms. The molecule has 0 aliphatic carbocycles. The van der Waals surface area contributed by atoms with Crippen LogP contribution in [0.1, 0.15) is 18.9 Å². The van der Waals surface area contributed by atoms with Gasteiger partial charge < -0.3 is 4.84 Å². The van der Waals surface area contributed by atoms with E-state index in [4.69, 9.17) is 4.84 Å². The maximum atomic E-state index is 10.8. The van der Waals surface area contributed by atoms with E-state index in [2.05, 4.69) is 5.16 Å². The fourth-order valence-corrected chi connectivity index (χ4v) is 1.73. The highest BCUT2D eigenvalue weighted by molar-refractivity contribution is 5.88. The van der Waals surface area contributed by atoms with Gasteiger partial charge in [-0.2, -0.15) is 0 Å². The molecule has 0 aromatic heterocycles. The quantitative estimate of drug-likeness (QED) is 0.580. The molecule has 1 atom stereocenters. The zero-order chi connectivity index (χ0) is 11.5. The Morgan fingerprint density at radius 2 is 2.31 bits per heavy atom. The average Bonchev–Trinajstić information content (AvgIpc) is 2.64. The summed E-state index contributed by atoms with van der Waals surface area (Å²) in [5, 5.41) is 14.7. The van der Waals surface area contributed by atoms with Crippen molar-refractivity contribution in [3.63, 3.8) is 0 Å². The standard InChI is InChI=1S/C11H12N2O3/c1-8-6-10(12-16-8)7-9-4-2-3-5-11(9)13(14)15/h2-5,8H,6-7H2,1H3. The van der Waals surface area contributed by atoms with Crippen molar-refractivity contribution in [2.24, 2.45) is 5.16 Å². The first-order valence-electron chi connectivity index (χ1n) is 5.10. The minimum Gasteiger partial charge on any atom is -0.392 e. The first-order valence-corrected chi connectivity index (χ1v) is 5.10. The molecule has 1 unspecified atom stereocenters. The van der Waals surface area contributed by atoms with Gasteiger partial charge in [-0.15, -0.1) is 0 Å². The van der Waals surface area contributed by atoms with E-state index in [-0.39, 0.29) is 16.7 Å². The zero-order valence-corrected chi connectivity index (χ0v) is 8.92. The molecule has 84 valence electrons. The number of para-hydroxylation sites is 1. The minimum atomic E-state index is -0.366. The Labute approximate surface area is 92.9 Å². The number of rotatable bonds is 3. The van der Waals surface area contributed by atoms with Crippen LogP contribution in [0.15, 0.2) is 29.4 Å². The van der Waals surface area contributed by atoms with Crippen LogP contribution < -0.4 is 0 Å². The van der Waals surface area contributed by atoms with Gasteiger partial charge in [0.25, 0.3) is 5.69 Å². The fraction of sp³-hybridized carbons (Fsp3) is 0.364. The maximum absolute atomic E-state index is 10.8. The predicted molar refractivity (Wildman–Crippen MR) is 59.4 cm³/mol. The van der Waals surface area contributed by atoms with E-state index in [1.807, 2.05) is 6.92 Å². The van der Waals surface area contributed by atoms with E-state index < -0.39 is 0 Å². The number of nitrogens with zero attached hydrogens (tertiary/aromatic N) is 2. The fourth-order valence-electron chi connectivity index (χ4n) is 1.73. The van der Waals surface area contributed by atoms with Gasteiger partial charge in [-0.3, -0.25) is 10.1 Å². The lowest BCUT2D eigenvalue weighted by Gasteiger charge is -2.01. The molecule has 0 N–H and O–H groups in total. The normalized spacial score (nSPS) is 19.1. The lowest BCUT2D eigenvalue weighted by Crippen LogP contribution is -2.06. The van der Waals surface area contributed by atoms with E-state index >= 15 is 0 Å². The van der Waals surface area contributed by atoms with Crippen LogP contribution in [0.2, 0.25) is 0 Å². The van der Waals surface area contributed by atoms with Gasteiger partial charge in [0.2, 0.25) is 0 Å². The van der Waals surface area contributed by atoms with E-state index in [0.29, 0.717) is 12.0 Å². The highest BCUT2D eigenvalue weighted by Gasteiger charge is 2.20. The molecule has 16 heavy (non-hydrogen) atoms. The van der Waals surface area contributed by atoms with Crippen LogP contribution >= 0.6 is 0 Å². The summed E-state index contributed by atoms with van der Waals surface area (Å²) < 4.78 is 0. The summed E-state index contributed by atoms with van der Waals surface area (Å²) >= 11 is 0. The summed E-state index contributed by atoms with van der Waals surface area (Å²) in [6, 6.07) is 6.72. The van der Waals surface area contributed by atoms with Gasteiger partial charge in [-0.25, -0.2) is 0 Å². The average molecular weight is 220 g/mol. The van der Waals surface area contributed by atoms with Crippen molar-refractivity contribution < 1.29 is 9.76 Å². The molecule has 0 bridgehead atoms. The Morgan fingerprint density at radius 1 is 1.56 bits per heavy atom. The second-order valence-electron chi connectivity index (χ2n) is 3.84. The molecule has 5 nitrogen and oxygen atoms in total. The summed E-state index contributed by atoms with van der Waals surface area (Å²) in [4.78, 5) is 15.5. The number of oxime groups is 1. The minimum absolute atomic E-state index is 0.0813. The summed E-state index contributed by atoms with van der Waals surface area (Å²) in [7, 11) is 0. The smallest absolute Gasteiger partial charge is 0.272 e. The maximum Gasteiger partial charge on any atom is 0.272 e. The third-order valence-electron chi connectivity index (χ3n) is 2.47. The first kappa shape index (κ1) is 10.6. The molecular formula is C11H12N2O3. The summed E-state index contributed by atoms with van der Waals surface area (Å²) in [6.45, 7) is 1.93. The zero-order valence-electron chi connectivity index (χ0n) is 8.92. The molecule has 0 radical (unpaired) electrons. The Balaban J connectivity index is 2.18. The van der Waals surface area contributed by atoms with Crippen LogP contribution in [0.5, 0.6) is 0 Å². The molecule has 5 heteroatoms. The molecule has 0 fully saturated rings. The topological polar surface area (TPSA) is 64.7 Å². The van der Waals surface area contributed by atoms with E-state index in [0.717, 1.165) is 12.1 Å². The Hall–Kier alpha value is -1.91. The Kier molecular flexibility index (Phi) is 2.85. The lowest BCUT2D eigenvalue weighted by atomic mass is 10.0. The second kappa shape index (κ2) is 4.30. The summed E-state index contributed by atoms with van der Waals surface area (Å²) in [5.74, 6) is 0. The highest BCUT2D eigenvalue weighted by Crippen LogP contribution is 2.21. The molecule has 0 saturated carbocycles. The predicted octanol–water partition coefficient (Wildman–Crippen LogP) is 2.30. The van der Waals surface area contributed by atoms with Crippen molar-refractivity contribution in [3.05, 3.63) is 39.9 Å². The number of hydrogen-bond donors (Lipinski definition) is 0. The summed E-state index contributed by atoms with van der Waals surface area (Å²) in [6.07, 6.45) is 1.31. The van der Waals surface area contributed by atoms with Gasteiger partial charge in [-0.1, -0.05) is 23.4 Å². The second-order valence-corrected chi connectivity index (χ2v) is 3.84. The van der Waals surface area contributed by atoms with Gasteiger partial charge in [0, 0.05) is 24.5 Å². The molecule has 0 amide bonds. The van der Waals surface area contributed by atoms with Crippen LogP contribution in [0, 0.1) is 10.1 Å². The van der Waals surface area contributed by atoms with Crippen LogP contribution in [0.4, 0.5) is 5.69 Å².